The van der Waals surface area contributed by atoms with E-state index in [0.717, 1.165) is 38.2 Å². The van der Waals surface area contributed by atoms with Crippen LogP contribution in [0.5, 0.6) is 0 Å². The second-order valence-electron chi connectivity index (χ2n) is 7.37. The number of hydrogen-bond donors (Lipinski definition) is 1. The molecule has 0 radical (unpaired) electrons. The maximum Gasteiger partial charge on any atom is 0.273 e. The van der Waals surface area contributed by atoms with Gasteiger partial charge in [-0.2, -0.15) is 5.10 Å². The topological polar surface area (TPSA) is 91.5 Å². The minimum absolute atomic E-state index is 0.144. The SMILES string of the molecule is C=NN(/C=C(\C)CN1CC(NC(=O)c2cn(C3CC3)nn2)C1)Cc1cscn1. The van der Waals surface area contributed by atoms with Gasteiger partial charge in [-0.25, -0.2) is 9.67 Å². The van der Waals surface area contributed by atoms with E-state index in [2.05, 4.69) is 44.3 Å². The Hall–Kier alpha value is -2.59. The summed E-state index contributed by atoms with van der Waals surface area (Å²) in [4.78, 5) is 18.8. The predicted octanol–water partition coefficient (Wildman–Crippen LogP) is 1.51. The molecule has 1 amide bonds. The van der Waals surface area contributed by atoms with E-state index >= 15 is 0 Å². The third kappa shape index (κ3) is 4.63. The number of likely N-dealkylation sites (tertiary alicyclic amines) is 1. The monoisotopic (exact) mass is 400 g/mol. The summed E-state index contributed by atoms with van der Waals surface area (Å²) in [6, 6.07) is 0.582. The molecule has 2 aromatic heterocycles. The first kappa shape index (κ1) is 18.8. The molecule has 2 fully saturated rings. The van der Waals surface area contributed by atoms with Gasteiger partial charge in [0.05, 0.1) is 36.0 Å². The Bertz CT molecular complexity index is 851. The van der Waals surface area contributed by atoms with Crippen molar-refractivity contribution in [3.05, 3.63) is 40.2 Å². The van der Waals surface area contributed by atoms with E-state index in [-0.39, 0.29) is 11.9 Å². The highest BCUT2D eigenvalue weighted by atomic mass is 32.1. The Labute approximate surface area is 167 Å². The van der Waals surface area contributed by atoms with Crippen LogP contribution in [0.1, 0.15) is 42.0 Å². The van der Waals surface area contributed by atoms with Gasteiger partial charge in [-0.15, -0.1) is 16.4 Å². The lowest BCUT2D eigenvalue weighted by Gasteiger charge is -2.39. The van der Waals surface area contributed by atoms with Crippen molar-refractivity contribution in [1.29, 1.82) is 0 Å². The molecule has 2 aromatic rings. The van der Waals surface area contributed by atoms with Crippen molar-refractivity contribution in [2.75, 3.05) is 19.6 Å². The van der Waals surface area contributed by atoms with E-state index in [1.165, 1.54) is 5.57 Å². The first-order valence-electron chi connectivity index (χ1n) is 9.33. The number of aromatic nitrogens is 4. The maximum atomic E-state index is 12.3. The van der Waals surface area contributed by atoms with E-state index in [0.29, 0.717) is 18.3 Å². The molecule has 0 bridgehead atoms. The summed E-state index contributed by atoms with van der Waals surface area (Å²) in [7, 11) is 0. The molecule has 4 rings (SSSR count). The van der Waals surface area contributed by atoms with Gasteiger partial charge >= 0.3 is 0 Å². The molecule has 0 unspecified atom stereocenters. The largest absolute Gasteiger partial charge is 0.345 e. The Kier molecular flexibility index (Phi) is 5.49. The molecule has 2 aliphatic rings. The quantitative estimate of drug-likeness (QED) is 0.507. The van der Waals surface area contributed by atoms with Gasteiger partial charge in [0.2, 0.25) is 0 Å². The molecule has 0 atom stereocenters. The normalized spacial score (nSPS) is 18.0. The Morgan fingerprint density at radius 2 is 2.32 bits per heavy atom. The number of carbonyl (C=O) groups is 1. The van der Waals surface area contributed by atoms with Crippen LogP contribution in [-0.2, 0) is 6.54 Å². The van der Waals surface area contributed by atoms with Crippen molar-refractivity contribution in [3.8, 4) is 0 Å². The lowest BCUT2D eigenvalue weighted by molar-refractivity contribution is 0.0826. The number of thiazole rings is 1. The zero-order chi connectivity index (χ0) is 19.5. The number of carbonyl (C=O) groups excluding carboxylic acids is 1. The molecule has 148 valence electrons. The molecule has 0 spiro atoms. The van der Waals surface area contributed by atoms with Gasteiger partial charge in [-0.05, 0) is 25.3 Å². The fourth-order valence-corrected chi connectivity index (χ4v) is 3.76. The van der Waals surface area contributed by atoms with Gasteiger partial charge in [0.25, 0.3) is 5.91 Å². The van der Waals surface area contributed by atoms with Crippen molar-refractivity contribution in [2.45, 2.75) is 38.4 Å². The van der Waals surface area contributed by atoms with Crippen LogP contribution in [0.3, 0.4) is 0 Å². The highest BCUT2D eigenvalue weighted by molar-refractivity contribution is 7.07. The van der Waals surface area contributed by atoms with Crippen molar-refractivity contribution in [1.82, 2.24) is 35.2 Å². The Balaban J connectivity index is 1.21. The number of nitrogens with zero attached hydrogens (tertiary/aromatic N) is 7. The molecule has 1 saturated carbocycles. The number of hydrogen-bond acceptors (Lipinski definition) is 8. The Morgan fingerprint density at radius 3 is 3.00 bits per heavy atom. The Morgan fingerprint density at radius 1 is 1.50 bits per heavy atom. The van der Waals surface area contributed by atoms with Crippen LogP contribution in [0.15, 0.2) is 34.0 Å². The second-order valence-corrected chi connectivity index (χ2v) is 8.09. The summed E-state index contributed by atoms with van der Waals surface area (Å²) in [5.41, 5.74) is 4.37. The van der Waals surface area contributed by atoms with Crippen LogP contribution in [0.25, 0.3) is 0 Å². The van der Waals surface area contributed by atoms with E-state index < -0.39 is 0 Å². The standard InChI is InChI=1S/C18H24N8OS/c1-13(6-25(19-2)9-15-11-28-12-20-15)5-24-7-14(8-24)21-18(27)17-10-26(23-22-17)16-3-4-16/h6,10-12,14,16H,2-5,7-9H2,1H3,(H,21,27)/b13-6+. The summed E-state index contributed by atoms with van der Waals surface area (Å²) < 4.78 is 1.79. The molecule has 10 heteroatoms. The van der Waals surface area contributed by atoms with Crippen molar-refractivity contribution >= 4 is 24.0 Å². The maximum absolute atomic E-state index is 12.3. The van der Waals surface area contributed by atoms with E-state index in [9.17, 15) is 4.79 Å². The summed E-state index contributed by atoms with van der Waals surface area (Å²) in [6.07, 6.45) is 5.98. The highest BCUT2D eigenvalue weighted by Crippen LogP contribution is 2.33. The lowest BCUT2D eigenvalue weighted by Crippen LogP contribution is -2.59. The molecule has 0 aromatic carbocycles. The third-order valence-corrected chi connectivity index (χ3v) is 5.42. The molecule has 1 aliphatic heterocycles. The average molecular weight is 401 g/mol. The summed E-state index contributed by atoms with van der Waals surface area (Å²) in [5.74, 6) is -0.144. The fraction of sp³-hybridized carbons (Fsp3) is 0.500. The second kappa shape index (κ2) is 8.19. The molecular formula is C18H24N8OS. The molecule has 1 N–H and O–H groups in total. The molecular weight excluding hydrogens is 376 g/mol. The third-order valence-electron chi connectivity index (χ3n) is 4.79. The van der Waals surface area contributed by atoms with Gasteiger partial charge in [-0.1, -0.05) is 5.21 Å². The zero-order valence-corrected chi connectivity index (χ0v) is 16.7. The van der Waals surface area contributed by atoms with Crippen LogP contribution >= 0.6 is 11.3 Å². The summed E-state index contributed by atoms with van der Waals surface area (Å²) >= 11 is 1.57. The van der Waals surface area contributed by atoms with Crippen molar-refractivity contribution in [2.24, 2.45) is 5.10 Å². The van der Waals surface area contributed by atoms with E-state index in [1.54, 1.807) is 27.2 Å². The number of amides is 1. The number of rotatable bonds is 9. The minimum atomic E-state index is -0.144. The number of nitrogens with one attached hydrogen (secondary N) is 1. The van der Waals surface area contributed by atoms with Gasteiger partial charge in [0, 0.05) is 37.9 Å². The van der Waals surface area contributed by atoms with Crippen LogP contribution in [0.2, 0.25) is 0 Å². The summed E-state index contributed by atoms with van der Waals surface area (Å²) in [6.45, 7) is 8.79. The van der Waals surface area contributed by atoms with Crippen LogP contribution in [0.4, 0.5) is 0 Å². The average Bonchev–Trinajstić information content (AvgIpc) is 3.16. The first-order chi connectivity index (χ1) is 13.6. The predicted molar refractivity (Wildman–Crippen MR) is 107 cm³/mol. The van der Waals surface area contributed by atoms with E-state index in [4.69, 9.17) is 0 Å². The van der Waals surface area contributed by atoms with Gasteiger partial charge in [0.1, 0.15) is 0 Å². The smallest absolute Gasteiger partial charge is 0.273 e. The van der Waals surface area contributed by atoms with E-state index in [1.807, 2.05) is 17.1 Å². The summed E-state index contributed by atoms with van der Waals surface area (Å²) in [5, 5.41) is 18.9. The van der Waals surface area contributed by atoms with Crippen molar-refractivity contribution < 1.29 is 4.79 Å². The highest BCUT2D eigenvalue weighted by Gasteiger charge is 2.30. The number of hydrazone groups is 1. The van der Waals surface area contributed by atoms with Gasteiger partial charge < -0.3 is 5.32 Å². The van der Waals surface area contributed by atoms with Gasteiger partial charge in [-0.3, -0.25) is 14.7 Å². The minimum Gasteiger partial charge on any atom is -0.345 e. The molecule has 9 nitrogen and oxygen atoms in total. The zero-order valence-electron chi connectivity index (χ0n) is 15.9. The molecule has 1 aliphatic carbocycles. The van der Waals surface area contributed by atoms with Crippen LogP contribution < -0.4 is 5.32 Å². The first-order valence-corrected chi connectivity index (χ1v) is 10.3. The van der Waals surface area contributed by atoms with Crippen molar-refractivity contribution in [3.63, 3.8) is 0 Å². The lowest BCUT2D eigenvalue weighted by atomic mass is 10.1. The van der Waals surface area contributed by atoms with Gasteiger partial charge in [0.15, 0.2) is 5.69 Å². The van der Waals surface area contributed by atoms with Crippen LogP contribution in [0, 0.1) is 0 Å². The fourth-order valence-electron chi connectivity index (χ4n) is 3.21. The molecule has 28 heavy (non-hydrogen) atoms. The van der Waals surface area contributed by atoms with Crippen LogP contribution in [-0.4, -0.2) is 68.2 Å². The molecule has 1 saturated heterocycles. The molecule has 3 heterocycles.